The fourth-order valence-electron chi connectivity index (χ4n) is 6.61. The standard InChI is InChI=1S/C31H36F3N7O2/c32-31(33,34)23-8-14-35-27(17-23)40-15-1-3-22(19-40)29(42)41-16-9-25(20-41)39-24-6-10-30(43,11-7-24)26-5-4-21(18-38-26)28-36-12-2-13-37-28/h2,4-5,8,12-14,17-18,22,24-25,39,43H,1,3,6-7,9-11,15-16,19-20H2/t22?,24?,25-,30?/m0/s1. The number of nitrogens with zero attached hydrogens (tertiary/aromatic N) is 6. The van der Waals surface area contributed by atoms with Crippen molar-refractivity contribution >= 4 is 11.7 Å². The van der Waals surface area contributed by atoms with E-state index in [0.717, 1.165) is 49.8 Å². The number of hydrogen-bond acceptors (Lipinski definition) is 8. The number of likely N-dealkylation sites (tertiary alicyclic amines) is 1. The van der Waals surface area contributed by atoms with Gasteiger partial charge in [0.15, 0.2) is 5.82 Å². The van der Waals surface area contributed by atoms with Gasteiger partial charge in [-0.15, -0.1) is 0 Å². The van der Waals surface area contributed by atoms with Gasteiger partial charge in [-0.1, -0.05) is 0 Å². The topological polar surface area (TPSA) is 107 Å². The number of piperidine rings is 1. The first kappa shape index (κ1) is 29.4. The highest BCUT2D eigenvalue weighted by Gasteiger charge is 2.39. The molecular formula is C31H36F3N7O2. The van der Waals surface area contributed by atoms with Gasteiger partial charge in [0.1, 0.15) is 11.4 Å². The molecule has 2 N–H and O–H groups in total. The summed E-state index contributed by atoms with van der Waals surface area (Å²) >= 11 is 0. The van der Waals surface area contributed by atoms with Gasteiger partial charge in [0, 0.05) is 68.6 Å². The summed E-state index contributed by atoms with van der Waals surface area (Å²) in [5.41, 5.74) is -0.248. The summed E-state index contributed by atoms with van der Waals surface area (Å²) in [6.07, 6.45) is 6.91. The SMILES string of the molecule is O=C(C1CCCN(c2cc(C(F)(F)F)ccn2)C1)N1CC[C@H](NC2CCC(O)(c3ccc(-c4ncccn4)cn3)CC2)C1. The molecule has 9 nitrogen and oxygen atoms in total. The summed E-state index contributed by atoms with van der Waals surface area (Å²) in [6.45, 7) is 2.23. The zero-order valence-electron chi connectivity index (χ0n) is 23.9. The number of carbonyl (C=O) groups is 1. The summed E-state index contributed by atoms with van der Waals surface area (Å²) in [7, 11) is 0. The van der Waals surface area contributed by atoms with Crippen LogP contribution < -0.4 is 10.2 Å². The third-order valence-electron chi connectivity index (χ3n) is 9.02. The van der Waals surface area contributed by atoms with E-state index >= 15 is 0 Å². The van der Waals surface area contributed by atoms with Crippen LogP contribution in [0.4, 0.5) is 19.0 Å². The number of aromatic nitrogens is 4. The number of nitrogens with one attached hydrogen (secondary N) is 1. The Morgan fingerprint density at radius 3 is 2.44 bits per heavy atom. The predicted octanol–water partition coefficient (Wildman–Crippen LogP) is 4.19. The largest absolute Gasteiger partial charge is 0.416 e. The average molecular weight is 596 g/mol. The molecule has 12 heteroatoms. The van der Waals surface area contributed by atoms with Crippen LogP contribution in [-0.4, -0.2) is 74.1 Å². The molecule has 1 amide bonds. The lowest BCUT2D eigenvalue weighted by Crippen LogP contribution is -2.47. The fraction of sp³-hybridized carbons (Fsp3) is 0.516. The number of rotatable bonds is 6. The molecule has 0 bridgehead atoms. The number of amides is 1. The van der Waals surface area contributed by atoms with E-state index in [4.69, 9.17) is 0 Å². The number of carbonyl (C=O) groups excluding carboxylic acids is 1. The smallest absolute Gasteiger partial charge is 0.384 e. The summed E-state index contributed by atoms with van der Waals surface area (Å²) in [6, 6.07) is 7.97. The highest BCUT2D eigenvalue weighted by atomic mass is 19.4. The van der Waals surface area contributed by atoms with Crippen LogP contribution in [0, 0.1) is 5.92 Å². The lowest BCUT2D eigenvalue weighted by molar-refractivity contribution is -0.137. The van der Waals surface area contributed by atoms with Crippen molar-refractivity contribution in [3.63, 3.8) is 0 Å². The highest BCUT2D eigenvalue weighted by molar-refractivity contribution is 5.80. The van der Waals surface area contributed by atoms with Gasteiger partial charge in [-0.2, -0.15) is 13.2 Å². The second-order valence-corrected chi connectivity index (χ2v) is 11.9. The van der Waals surface area contributed by atoms with Gasteiger partial charge >= 0.3 is 6.18 Å². The summed E-state index contributed by atoms with van der Waals surface area (Å²) < 4.78 is 39.6. The molecule has 1 unspecified atom stereocenters. The molecule has 2 saturated heterocycles. The zero-order chi connectivity index (χ0) is 30.0. The van der Waals surface area contributed by atoms with Crippen LogP contribution >= 0.6 is 0 Å². The lowest BCUT2D eigenvalue weighted by atomic mass is 9.79. The summed E-state index contributed by atoms with van der Waals surface area (Å²) in [4.78, 5) is 34.3. The van der Waals surface area contributed by atoms with Crippen LogP contribution in [0.15, 0.2) is 55.1 Å². The molecule has 0 spiro atoms. The van der Waals surface area contributed by atoms with Crippen LogP contribution in [0.5, 0.6) is 0 Å². The van der Waals surface area contributed by atoms with E-state index < -0.39 is 17.3 Å². The molecule has 0 radical (unpaired) electrons. The average Bonchev–Trinajstić information content (AvgIpc) is 3.50. The Bertz CT molecular complexity index is 1400. The molecular weight excluding hydrogens is 559 g/mol. The maximum absolute atomic E-state index is 13.4. The van der Waals surface area contributed by atoms with Crippen LogP contribution in [0.1, 0.15) is 56.2 Å². The number of halogens is 3. The van der Waals surface area contributed by atoms with Crippen molar-refractivity contribution in [1.82, 2.24) is 30.2 Å². The van der Waals surface area contributed by atoms with E-state index in [0.29, 0.717) is 50.5 Å². The predicted molar refractivity (Wildman–Crippen MR) is 154 cm³/mol. The van der Waals surface area contributed by atoms with Crippen molar-refractivity contribution in [1.29, 1.82) is 0 Å². The minimum Gasteiger partial charge on any atom is -0.384 e. The van der Waals surface area contributed by atoms with Crippen molar-refractivity contribution in [3.05, 3.63) is 66.4 Å². The number of aliphatic hydroxyl groups is 1. The Morgan fingerprint density at radius 2 is 1.72 bits per heavy atom. The van der Waals surface area contributed by atoms with E-state index in [-0.39, 0.29) is 29.7 Å². The Labute approximate surface area is 248 Å². The van der Waals surface area contributed by atoms with E-state index in [1.807, 2.05) is 17.0 Å². The van der Waals surface area contributed by atoms with Gasteiger partial charge < -0.3 is 20.2 Å². The third kappa shape index (κ3) is 6.65. The number of pyridine rings is 2. The molecule has 3 fully saturated rings. The lowest BCUT2D eigenvalue weighted by Gasteiger charge is -2.37. The third-order valence-corrected chi connectivity index (χ3v) is 9.02. The van der Waals surface area contributed by atoms with E-state index in [1.54, 1.807) is 29.6 Å². The van der Waals surface area contributed by atoms with Crippen LogP contribution in [0.25, 0.3) is 11.4 Å². The van der Waals surface area contributed by atoms with Crippen molar-refractivity contribution in [2.45, 2.75) is 68.8 Å². The maximum Gasteiger partial charge on any atom is 0.416 e. The molecule has 6 rings (SSSR count). The van der Waals surface area contributed by atoms with Gasteiger partial charge in [0.25, 0.3) is 0 Å². The van der Waals surface area contributed by atoms with Gasteiger partial charge in [0.05, 0.1) is 17.2 Å². The minimum atomic E-state index is -4.43. The van der Waals surface area contributed by atoms with Crippen LogP contribution in [0.2, 0.25) is 0 Å². The molecule has 3 aliphatic rings. The Hall–Kier alpha value is -3.64. The van der Waals surface area contributed by atoms with E-state index in [9.17, 15) is 23.1 Å². The van der Waals surface area contributed by atoms with Crippen molar-refractivity contribution < 1.29 is 23.1 Å². The fourth-order valence-corrected chi connectivity index (χ4v) is 6.61. The van der Waals surface area contributed by atoms with E-state index in [2.05, 4.69) is 25.3 Å². The van der Waals surface area contributed by atoms with Gasteiger partial charge in [-0.3, -0.25) is 9.78 Å². The van der Waals surface area contributed by atoms with Gasteiger partial charge in [-0.25, -0.2) is 15.0 Å². The number of hydrogen-bond donors (Lipinski definition) is 2. The molecule has 228 valence electrons. The summed E-state index contributed by atoms with van der Waals surface area (Å²) in [5, 5.41) is 15.1. The molecule has 3 aromatic heterocycles. The zero-order valence-corrected chi connectivity index (χ0v) is 23.9. The molecule has 1 saturated carbocycles. The number of alkyl halides is 3. The molecule has 43 heavy (non-hydrogen) atoms. The first-order valence-electron chi connectivity index (χ1n) is 15.0. The summed E-state index contributed by atoms with van der Waals surface area (Å²) in [5.74, 6) is 0.663. The van der Waals surface area contributed by atoms with Crippen molar-refractivity contribution in [2.75, 3.05) is 31.1 Å². The quantitative estimate of drug-likeness (QED) is 0.437. The first-order chi connectivity index (χ1) is 20.7. The minimum absolute atomic E-state index is 0.0643. The van der Waals surface area contributed by atoms with Crippen molar-refractivity contribution in [3.8, 4) is 11.4 Å². The maximum atomic E-state index is 13.4. The molecule has 1 aliphatic carbocycles. The second kappa shape index (κ2) is 12.2. The monoisotopic (exact) mass is 595 g/mol. The van der Waals surface area contributed by atoms with Crippen LogP contribution in [-0.2, 0) is 16.6 Å². The molecule has 2 aliphatic heterocycles. The first-order valence-corrected chi connectivity index (χ1v) is 15.0. The van der Waals surface area contributed by atoms with Gasteiger partial charge in [-0.05, 0) is 75.3 Å². The molecule has 3 aromatic rings. The molecule has 2 atom stereocenters. The molecule has 5 heterocycles. The Morgan fingerprint density at radius 1 is 0.930 bits per heavy atom. The Kier molecular flexibility index (Phi) is 8.32. The van der Waals surface area contributed by atoms with Crippen molar-refractivity contribution in [2.24, 2.45) is 5.92 Å². The highest BCUT2D eigenvalue weighted by Crippen LogP contribution is 2.37. The normalized spacial score (nSPS) is 26.5. The second-order valence-electron chi connectivity index (χ2n) is 11.9. The molecule has 0 aromatic carbocycles. The number of anilines is 1. The van der Waals surface area contributed by atoms with Gasteiger partial charge in [0.2, 0.25) is 5.91 Å². The Balaban J connectivity index is 0.989. The van der Waals surface area contributed by atoms with E-state index in [1.165, 1.54) is 6.20 Å². The van der Waals surface area contributed by atoms with Crippen LogP contribution in [0.3, 0.4) is 0 Å².